The van der Waals surface area contributed by atoms with E-state index in [-0.39, 0.29) is 17.8 Å². The highest BCUT2D eigenvalue weighted by Gasteiger charge is 2.51. The molecule has 0 unspecified atom stereocenters. The maximum Gasteiger partial charge on any atom is 0.494 e. The van der Waals surface area contributed by atoms with E-state index in [9.17, 15) is 4.79 Å². The lowest BCUT2D eigenvalue weighted by atomic mass is 9.78. The first-order chi connectivity index (χ1) is 12.8. The van der Waals surface area contributed by atoms with Crippen LogP contribution in [-0.4, -0.2) is 24.4 Å². The minimum atomic E-state index is -0.445. The molecule has 1 fully saturated rings. The van der Waals surface area contributed by atoms with Crippen molar-refractivity contribution in [3.05, 3.63) is 65.7 Å². The molecular formula is C21H26BNO4. The van der Waals surface area contributed by atoms with Gasteiger partial charge in [-0.05, 0) is 44.3 Å². The SMILES string of the molecule is CC1(C)OB(c2cccc(COC(=O)NCc3ccccc3)c2)OC1(C)C. The number of hydrogen-bond donors (Lipinski definition) is 1. The van der Waals surface area contributed by atoms with Crippen LogP contribution in [-0.2, 0) is 27.2 Å². The van der Waals surface area contributed by atoms with Gasteiger partial charge in [0.05, 0.1) is 11.2 Å². The van der Waals surface area contributed by atoms with Gasteiger partial charge in [0, 0.05) is 6.54 Å². The van der Waals surface area contributed by atoms with Crippen LogP contribution in [0.5, 0.6) is 0 Å². The van der Waals surface area contributed by atoms with Crippen molar-refractivity contribution in [1.29, 1.82) is 0 Å². The second-order valence-electron chi connectivity index (χ2n) is 7.75. The fraction of sp³-hybridized carbons (Fsp3) is 0.381. The monoisotopic (exact) mass is 367 g/mol. The van der Waals surface area contributed by atoms with E-state index in [1.54, 1.807) is 0 Å². The first kappa shape index (κ1) is 19.5. The summed E-state index contributed by atoms with van der Waals surface area (Å²) in [6, 6.07) is 17.5. The molecule has 3 rings (SSSR count). The molecule has 0 saturated carbocycles. The van der Waals surface area contributed by atoms with Crippen LogP contribution in [0.15, 0.2) is 54.6 Å². The van der Waals surface area contributed by atoms with Gasteiger partial charge < -0.3 is 19.4 Å². The fourth-order valence-electron chi connectivity index (χ4n) is 2.78. The Morgan fingerprint density at radius 2 is 1.59 bits per heavy atom. The van der Waals surface area contributed by atoms with Gasteiger partial charge in [0.25, 0.3) is 0 Å². The number of benzene rings is 2. The van der Waals surface area contributed by atoms with Crippen LogP contribution in [0.4, 0.5) is 4.79 Å². The van der Waals surface area contributed by atoms with E-state index < -0.39 is 13.2 Å². The zero-order valence-corrected chi connectivity index (χ0v) is 16.3. The molecule has 27 heavy (non-hydrogen) atoms. The highest BCUT2D eigenvalue weighted by Crippen LogP contribution is 2.36. The molecule has 0 spiro atoms. The number of ether oxygens (including phenoxy) is 1. The van der Waals surface area contributed by atoms with E-state index in [1.165, 1.54) is 0 Å². The molecule has 2 aromatic rings. The van der Waals surface area contributed by atoms with E-state index in [0.29, 0.717) is 6.54 Å². The quantitative estimate of drug-likeness (QED) is 0.823. The molecule has 0 atom stereocenters. The van der Waals surface area contributed by atoms with Crippen molar-refractivity contribution in [1.82, 2.24) is 5.32 Å². The molecule has 0 aromatic heterocycles. The van der Waals surface area contributed by atoms with E-state index in [1.807, 2.05) is 82.3 Å². The molecule has 0 bridgehead atoms. The molecule has 1 aliphatic heterocycles. The summed E-state index contributed by atoms with van der Waals surface area (Å²) in [5.41, 5.74) is 2.05. The third-order valence-electron chi connectivity index (χ3n) is 5.13. The van der Waals surface area contributed by atoms with Crippen molar-refractivity contribution in [3.8, 4) is 0 Å². The van der Waals surface area contributed by atoms with Crippen molar-refractivity contribution in [2.45, 2.75) is 52.0 Å². The van der Waals surface area contributed by atoms with Crippen molar-refractivity contribution in [3.63, 3.8) is 0 Å². The van der Waals surface area contributed by atoms with E-state index in [0.717, 1.165) is 16.6 Å². The maximum absolute atomic E-state index is 11.9. The lowest BCUT2D eigenvalue weighted by molar-refractivity contribution is 0.00578. The zero-order chi connectivity index (χ0) is 19.5. The molecule has 5 nitrogen and oxygen atoms in total. The second kappa shape index (κ2) is 7.75. The molecule has 0 radical (unpaired) electrons. The molecule has 1 heterocycles. The second-order valence-corrected chi connectivity index (χ2v) is 7.75. The molecular weight excluding hydrogens is 341 g/mol. The van der Waals surface area contributed by atoms with Gasteiger partial charge >= 0.3 is 13.2 Å². The van der Waals surface area contributed by atoms with Crippen molar-refractivity contribution in [2.75, 3.05) is 0 Å². The van der Waals surface area contributed by atoms with Gasteiger partial charge in [0.2, 0.25) is 0 Å². The summed E-state index contributed by atoms with van der Waals surface area (Å²) in [7, 11) is -0.429. The molecule has 1 saturated heterocycles. The predicted molar refractivity (Wildman–Crippen MR) is 106 cm³/mol. The lowest BCUT2D eigenvalue weighted by Crippen LogP contribution is -2.41. The van der Waals surface area contributed by atoms with Crippen molar-refractivity contribution >= 4 is 18.7 Å². The summed E-state index contributed by atoms with van der Waals surface area (Å²) in [4.78, 5) is 11.9. The van der Waals surface area contributed by atoms with Gasteiger partial charge in [0.15, 0.2) is 0 Å². The Balaban J connectivity index is 1.54. The maximum atomic E-state index is 11.9. The third kappa shape index (κ3) is 4.70. The van der Waals surface area contributed by atoms with Crippen LogP contribution in [0, 0.1) is 0 Å². The molecule has 0 aliphatic carbocycles. The number of hydrogen-bond acceptors (Lipinski definition) is 4. The van der Waals surface area contributed by atoms with E-state index in [4.69, 9.17) is 14.0 Å². The number of alkyl carbamates (subject to hydrolysis) is 1. The minimum Gasteiger partial charge on any atom is -0.445 e. The summed E-state index contributed by atoms with van der Waals surface area (Å²) in [5.74, 6) is 0. The van der Waals surface area contributed by atoms with Gasteiger partial charge in [-0.25, -0.2) is 4.79 Å². The van der Waals surface area contributed by atoms with Gasteiger partial charge in [-0.2, -0.15) is 0 Å². The number of amides is 1. The Hall–Kier alpha value is -2.31. The van der Waals surface area contributed by atoms with Crippen LogP contribution in [0.1, 0.15) is 38.8 Å². The molecule has 2 aromatic carbocycles. The van der Waals surface area contributed by atoms with Crippen LogP contribution in [0.25, 0.3) is 0 Å². The van der Waals surface area contributed by atoms with E-state index in [2.05, 4.69) is 5.32 Å². The summed E-state index contributed by atoms with van der Waals surface area (Å²) in [6.07, 6.45) is -0.445. The van der Waals surface area contributed by atoms with Gasteiger partial charge in [0.1, 0.15) is 6.61 Å². The number of carbonyl (C=O) groups is 1. The van der Waals surface area contributed by atoms with Crippen LogP contribution in [0.3, 0.4) is 0 Å². The third-order valence-corrected chi connectivity index (χ3v) is 5.13. The Labute approximate surface area is 161 Å². The highest BCUT2D eigenvalue weighted by molar-refractivity contribution is 6.62. The van der Waals surface area contributed by atoms with Crippen LogP contribution < -0.4 is 10.8 Å². The van der Waals surface area contributed by atoms with Crippen molar-refractivity contribution < 1.29 is 18.8 Å². The number of rotatable bonds is 5. The first-order valence-corrected chi connectivity index (χ1v) is 9.16. The molecule has 6 heteroatoms. The Bertz CT molecular complexity index is 776. The topological polar surface area (TPSA) is 56.8 Å². The largest absolute Gasteiger partial charge is 0.494 e. The van der Waals surface area contributed by atoms with Gasteiger partial charge in [-0.3, -0.25) is 0 Å². The minimum absolute atomic E-state index is 0.188. The average Bonchev–Trinajstić information content (AvgIpc) is 2.87. The zero-order valence-electron chi connectivity index (χ0n) is 16.3. The Kier molecular flexibility index (Phi) is 5.58. The highest BCUT2D eigenvalue weighted by atomic mass is 16.7. The molecule has 1 N–H and O–H groups in total. The number of nitrogens with one attached hydrogen (secondary N) is 1. The van der Waals surface area contributed by atoms with Gasteiger partial charge in [-0.15, -0.1) is 0 Å². The first-order valence-electron chi connectivity index (χ1n) is 9.16. The standard InChI is InChI=1S/C21H26BNO4/c1-20(2)21(3,4)27-22(26-20)18-12-8-11-17(13-18)15-25-19(24)23-14-16-9-6-5-7-10-16/h5-13H,14-15H2,1-4H3,(H,23,24). The van der Waals surface area contributed by atoms with E-state index >= 15 is 0 Å². The molecule has 1 aliphatic rings. The smallest absolute Gasteiger partial charge is 0.445 e. The summed E-state index contributed by atoms with van der Waals surface area (Å²) in [6.45, 7) is 8.73. The average molecular weight is 367 g/mol. The normalized spacial score (nSPS) is 17.6. The molecule has 1 amide bonds. The Morgan fingerprint density at radius 3 is 2.26 bits per heavy atom. The summed E-state index contributed by atoms with van der Waals surface area (Å²) in [5, 5.41) is 2.75. The fourth-order valence-corrected chi connectivity index (χ4v) is 2.78. The van der Waals surface area contributed by atoms with Crippen molar-refractivity contribution in [2.24, 2.45) is 0 Å². The number of carbonyl (C=O) groups excluding carboxylic acids is 1. The summed E-state index contributed by atoms with van der Waals surface area (Å²) >= 11 is 0. The van der Waals surface area contributed by atoms with Crippen LogP contribution in [0.2, 0.25) is 0 Å². The van der Waals surface area contributed by atoms with Gasteiger partial charge in [-0.1, -0.05) is 54.6 Å². The summed E-state index contributed by atoms with van der Waals surface area (Å²) < 4.78 is 17.5. The molecule has 142 valence electrons. The van der Waals surface area contributed by atoms with Crippen LogP contribution >= 0.6 is 0 Å². The predicted octanol–water partition coefficient (Wildman–Crippen LogP) is 3.41. The Morgan fingerprint density at radius 1 is 0.963 bits per heavy atom. The lowest BCUT2D eigenvalue weighted by Gasteiger charge is -2.32.